The molecule has 25 heavy (non-hydrogen) atoms. The van der Waals surface area contributed by atoms with Crippen LogP contribution in [0, 0.1) is 6.07 Å². The molecule has 1 aliphatic rings. The second-order valence-corrected chi connectivity index (χ2v) is 5.66. The van der Waals surface area contributed by atoms with E-state index in [0.29, 0.717) is 16.5 Å². The van der Waals surface area contributed by atoms with E-state index in [1.54, 1.807) is 31.3 Å². The average molecular weight is 462 g/mol. The fourth-order valence-corrected chi connectivity index (χ4v) is 2.91. The van der Waals surface area contributed by atoms with Crippen LogP contribution in [0.4, 0.5) is 4.39 Å². The predicted octanol–water partition coefficient (Wildman–Crippen LogP) is -2.12. The smallest absolute Gasteiger partial charge is 0.344 e. The Kier molecular flexibility index (Phi) is 7.87. The van der Waals surface area contributed by atoms with E-state index in [1.165, 1.54) is 11.1 Å². The summed E-state index contributed by atoms with van der Waals surface area (Å²) in [5.41, 5.74) is 1.02. The molecule has 2 amide bonds. The molecule has 1 aromatic carbocycles. The summed E-state index contributed by atoms with van der Waals surface area (Å²) in [6, 6.07) is 9.83. The van der Waals surface area contributed by atoms with E-state index >= 15 is 0 Å². The van der Waals surface area contributed by atoms with Crippen LogP contribution in [0.1, 0.15) is 16.8 Å². The largest absolute Gasteiger partial charge is 1.00 e. The van der Waals surface area contributed by atoms with Crippen molar-refractivity contribution in [2.24, 2.45) is 0 Å². The van der Waals surface area contributed by atoms with Crippen LogP contribution in [0.2, 0.25) is 0 Å². The van der Waals surface area contributed by atoms with Gasteiger partial charge in [0.25, 0.3) is 0 Å². The Balaban J connectivity index is 0.00000225. The number of halogens is 1. The number of nitrogens with zero attached hydrogens (tertiary/aromatic N) is 2. The summed E-state index contributed by atoms with van der Waals surface area (Å²) < 4.78 is 13.5. The van der Waals surface area contributed by atoms with E-state index in [9.17, 15) is 14.0 Å². The van der Waals surface area contributed by atoms with E-state index in [1.807, 2.05) is 0 Å². The van der Waals surface area contributed by atoms with Gasteiger partial charge in [-0.1, -0.05) is 5.39 Å². The van der Waals surface area contributed by atoms with Crippen LogP contribution in [0.3, 0.4) is 0 Å². The van der Waals surface area contributed by atoms with Crippen LogP contribution in [-0.2, 0) is 4.79 Å². The molecular formula is C17H18CsFN4O2. The Morgan fingerprint density at radius 3 is 3.00 bits per heavy atom. The van der Waals surface area contributed by atoms with Crippen molar-refractivity contribution in [2.45, 2.75) is 18.8 Å². The molecule has 0 spiro atoms. The van der Waals surface area contributed by atoms with Gasteiger partial charge in [0.1, 0.15) is 6.17 Å². The Morgan fingerprint density at radius 1 is 1.44 bits per heavy atom. The number of rotatable bonds is 4. The number of para-hydroxylation sites is 1. The number of likely N-dealkylation sites (tertiary alicyclic amines) is 1. The van der Waals surface area contributed by atoms with Crippen LogP contribution in [0.5, 0.6) is 0 Å². The maximum atomic E-state index is 13.5. The van der Waals surface area contributed by atoms with Crippen molar-refractivity contribution in [1.82, 2.24) is 20.5 Å². The maximum Gasteiger partial charge on any atom is 1.00 e. The van der Waals surface area contributed by atoms with Gasteiger partial charge < -0.3 is 15.5 Å². The van der Waals surface area contributed by atoms with E-state index in [4.69, 9.17) is 0 Å². The van der Waals surface area contributed by atoms with Crippen molar-refractivity contribution in [1.29, 1.82) is 0 Å². The number of pyridine rings is 1. The predicted molar refractivity (Wildman–Crippen MR) is 87.0 cm³/mol. The van der Waals surface area contributed by atoms with E-state index in [2.05, 4.69) is 21.7 Å². The first-order valence-corrected chi connectivity index (χ1v) is 7.74. The summed E-state index contributed by atoms with van der Waals surface area (Å²) >= 11 is 0. The van der Waals surface area contributed by atoms with Crippen LogP contribution >= 0.6 is 0 Å². The number of aromatic nitrogens is 1. The van der Waals surface area contributed by atoms with E-state index < -0.39 is 6.17 Å². The van der Waals surface area contributed by atoms with Crippen molar-refractivity contribution in [2.75, 3.05) is 20.1 Å². The molecule has 0 radical (unpaired) electrons. The van der Waals surface area contributed by atoms with Crippen molar-refractivity contribution < 1.29 is 82.9 Å². The monoisotopic (exact) mass is 462 g/mol. The molecule has 1 saturated heterocycles. The van der Waals surface area contributed by atoms with Gasteiger partial charge in [-0.3, -0.25) is 14.6 Å². The van der Waals surface area contributed by atoms with Gasteiger partial charge in [-0.25, -0.2) is 4.39 Å². The molecule has 1 unspecified atom stereocenters. The van der Waals surface area contributed by atoms with Crippen LogP contribution in [0.25, 0.3) is 10.9 Å². The summed E-state index contributed by atoms with van der Waals surface area (Å²) in [7, 11) is 1.68. The first kappa shape index (κ1) is 20.8. The third-order valence-corrected chi connectivity index (χ3v) is 4.12. The molecular weight excluding hydrogens is 444 g/mol. The number of carbonyl (C=O) groups is 2. The summed E-state index contributed by atoms with van der Waals surface area (Å²) in [4.78, 5) is 30.2. The normalized spacial score (nSPS) is 19.5. The fraction of sp³-hybridized carbons (Fsp3) is 0.353. The van der Waals surface area contributed by atoms with Gasteiger partial charge >= 0.3 is 68.9 Å². The first-order chi connectivity index (χ1) is 11.6. The Labute approximate surface area is 204 Å². The molecule has 2 aromatic rings. The van der Waals surface area contributed by atoms with E-state index in [0.717, 1.165) is 0 Å². The van der Waals surface area contributed by atoms with Gasteiger partial charge in [0.05, 0.1) is 19.3 Å². The zero-order chi connectivity index (χ0) is 17.1. The number of carbonyl (C=O) groups excluding carboxylic acids is 2. The van der Waals surface area contributed by atoms with Gasteiger partial charge in [-0.2, -0.15) is 24.3 Å². The molecule has 0 bridgehead atoms. The summed E-state index contributed by atoms with van der Waals surface area (Å²) in [5.74, 6) is -0.680. The molecule has 2 N–H and O–H groups in total. The zero-order valence-corrected chi connectivity index (χ0v) is 20.5. The summed E-state index contributed by atoms with van der Waals surface area (Å²) in [6.07, 6.45) is 0.421. The Bertz CT molecular complexity index is 768. The minimum absolute atomic E-state index is 0. The molecule has 2 atom stereocenters. The minimum atomic E-state index is -1.04. The third kappa shape index (κ3) is 4.82. The number of alkyl halides is 1. The van der Waals surface area contributed by atoms with Crippen molar-refractivity contribution >= 4 is 22.7 Å². The van der Waals surface area contributed by atoms with Crippen molar-refractivity contribution in [3.63, 3.8) is 0 Å². The first-order valence-electron chi connectivity index (χ1n) is 7.74. The molecule has 6 nitrogen and oxygen atoms in total. The standard InChI is InChI=1S/C17H18FN4O2.Cs/c1-19-15-8-11(18)10-22(15)16(23)9-21-17(24)13-6-7-20-14-5-3-2-4-12(13)14;/h2-4,6-7,11,15,19H,8-10H2,1H3,(H,21,24);/q-1;+1/t11?,15-;/m0./s1. The van der Waals surface area contributed by atoms with Crippen LogP contribution < -0.4 is 79.5 Å². The second-order valence-electron chi connectivity index (χ2n) is 5.66. The zero-order valence-electron chi connectivity index (χ0n) is 14.3. The quantitative estimate of drug-likeness (QED) is 0.511. The third-order valence-electron chi connectivity index (χ3n) is 4.12. The second kappa shape index (κ2) is 9.45. The Morgan fingerprint density at radius 2 is 2.24 bits per heavy atom. The number of fused-ring (bicyclic) bond motifs is 1. The number of nitrogens with one attached hydrogen (secondary N) is 2. The van der Waals surface area contributed by atoms with Gasteiger partial charge in [0, 0.05) is 12.6 Å². The minimum Gasteiger partial charge on any atom is -0.344 e. The van der Waals surface area contributed by atoms with Crippen molar-refractivity contribution in [3.8, 4) is 0 Å². The maximum absolute atomic E-state index is 13.5. The average Bonchev–Trinajstić information content (AvgIpc) is 3.00. The summed E-state index contributed by atoms with van der Waals surface area (Å²) in [5, 5.41) is 6.18. The molecule has 1 fully saturated rings. The van der Waals surface area contributed by atoms with Gasteiger partial charge in [0.2, 0.25) is 11.8 Å². The van der Waals surface area contributed by atoms with Gasteiger partial charge in [-0.15, -0.1) is 0 Å². The number of amides is 2. The fourth-order valence-electron chi connectivity index (χ4n) is 2.91. The van der Waals surface area contributed by atoms with Crippen LogP contribution in [0.15, 0.2) is 30.5 Å². The number of hydrogen-bond donors (Lipinski definition) is 2. The molecule has 2 heterocycles. The molecule has 1 aromatic heterocycles. The molecule has 8 heteroatoms. The van der Waals surface area contributed by atoms with Crippen LogP contribution in [-0.4, -0.2) is 54.2 Å². The SMILES string of the molecule is CN[C@@H]1CC(F)CN1C(=O)CNC(=O)c1ccnc2[c-]cccc12.[Cs+]. The van der Waals surface area contributed by atoms with Gasteiger partial charge in [-0.05, 0) is 24.2 Å². The molecule has 1 aliphatic heterocycles. The summed E-state index contributed by atoms with van der Waals surface area (Å²) in [6.45, 7) is -0.128. The van der Waals surface area contributed by atoms with E-state index in [-0.39, 0.29) is 106 Å². The topological polar surface area (TPSA) is 74.3 Å². The molecule has 126 valence electrons. The molecule has 0 saturated carbocycles. The number of benzene rings is 1. The molecule has 3 rings (SSSR count). The number of hydrogen-bond acceptors (Lipinski definition) is 4. The Hall–Kier alpha value is -0.488. The van der Waals surface area contributed by atoms with Gasteiger partial charge in [0.15, 0.2) is 0 Å². The van der Waals surface area contributed by atoms with Crippen molar-refractivity contribution in [3.05, 3.63) is 42.1 Å². The molecule has 0 aliphatic carbocycles.